The number of nitrogens with zero attached hydrogens (tertiary/aromatic N) is 3. The predicted octanol–water partition coefficient (Wildman–Crippen LogP) is 3.51. The molecule has 2 aromatic carbocycles. The van der Waals surface area contributed by atoms with Gasteiger partial charge in [0.2, 0.25) is 11.8 Å². The number of carbonyl (C=O) groups excluding carboxylic acids is 2. The third kappa shape index (κ3) is 7.19. The van der Waals surface area contributed by atoms with Crippen molar-refractivity contribution in [3.8, 4) is 0 Å². The summed E-state index contributed by atoms with van der Waals surface area (Å²) in [5.74, 6) is -0.768. The summed E-state index contributed by atoms with van der Waals surface area (Å²) >= 11 is 6.01. The highest BCUT2D eigenvalue weighted by Crippen LogP contribution is 2.26. The minimum absolute atomic E-state index is 0.133. The van der Waals surface area contributed by atoms with Crippen LogP contribution in [0.4, 0.5) is 5.69 Å². The zero-order valence-electron chi connectivity index (χ0n) is 21.2. The van der Waals surface area contributed by atoms with Crippen molar-refractivity contribution in [2.24, 2.45) is 0 Å². The maximum Gasteiger partial charge on any atom is 0.304 e. The lowest BCUT2D eigenvalue weighted by Gasteiger charge is -2.34. The van der Waals surface area contributed by atoms with Gasteiger partial charge in [-0.2, -0.15) is 12.7 Å². The molecule has 1 N–H and O–H groups in total. The van der Waals surface area contributed by atoms with Crippen molar-refractivity contribution in [3.05, 3.63) is 64.2 Å². The average molecular weight is 523 g/mol. The zero-order valence-corrected chi connectivity index (χ0v) is 22.8. The van der Waals surface area contributed by atoms with E-state index in [0.717, 1.165) is 19.7 Å². The van der Waals surface area contributed by atoms with E-state index in [2.05, 4.69) is 5.32 Å². The topological polar surface area (TPSA) is 90.0 Å². The quantitative estimate of drug-likeness (QED) is 0.489. The van der Waals surface area contributed by atoms with Gasteiger partial charge in [0.25, 0.3) is 0 Å². The minimum atomic E-state index is -4.00. The molecule has 192 valence electrons. The molecule has 2 rings (SSSR count). The number of aryl methyl sites for hydroxylation is 2. The Bertz CT molecular complexity index is 1140. The fraction of sp³-hybridized carbons (Fsp3) is 0.440. The molecule has 0 radical (unpaired) electrons. The Balaban J connectivity index is 2.54. The van der Waals surface area contributed by atoms with Crippen molar-refractivity contribution in [2.75, 3.05) is 31.5 Å². The van der Waals surface area contributed by atoms with E-state index in [1.165, 1.54) is 19.0 Å². The highest BCUT2D eigenvalue weighted by molar-refractivity contribution is 7.90. The average Bonchev–Trinajstić information content (AvgIpc) is 2.80. The Morgan fingerprint density at radius 3 is 2.20 bits per heavy atom. The van der Waals surface area contributed by atoms with Crippen molar-refractivity contribution in [1.82, 2.24) is 14.5 Å². The first kappa shape index (κ1) is 28.6. The molecule has 0 spiro atoms. The molecular weight excluding hydrogens is 488 g/mol. The molecule has 1 atom stereocenters. The van der Waals surface area contributed by atoms with Crippen molar-refractivity contribution >= 4 is 39.3 Å². The van der Waals surface area contributed by atoms with Gasteiger partial charge < -0.3 is 10.2 Å². The number of likely N-dealkylation sites (N-methyl/N-ethyl adjacent to an activating group) is 1. The van der Waals surface area contributed by atoms with Crippen molar-refractivity contribution < 1.29 is 18.0 Å². The molecule has 10 heteroatoms. The molecule has 0 heterocycles. The lowest BCUT2D eigenvalue weighted by molar-refractivity contribution is -0.140. The number of rotatable bonds is 11. The van der Waals surface area contributed by atoms with Gasteiger partial charge in [0.1, 0.15) is 12.6 Å². The van der Waals surface area contributed by atoms with Gasteiger partial charge in [0, 0.05) is 32.2 Å². The van der Waals surface area contributed by atoms with Crippen LogP contribution in [0.5, 0.6) is 0 Å². The second kappa shape index (κ2) is 12.4. The number of carbonyl (C=O) groups is 2. The fourth-order valence-electron chi connectivity index (χ4n) is 3.69. The Morgan fingerprint density at radius 2 is 1.66 bits per heavy atom. The SMILES string of the molecule is CCNC(=O)[C@@H](CC)N(Cc1ccc(Cl)cc1)C(=O)CN(c1cc(C)ccc1C)S(=O)(=O)N(C)C. The van der Waals surface area contributed by atoms with E-state index in [1.807, 2.05) is 32.9 Å². The van der Waals surface area contributed by atoms with E-state index in [4.69, 9.17) is 11.6 Å². The van der Waals surface area contributed by atoms with Crippen LogP contribution in [0.2, 0.25) is 5.02 Å². The van der Waals surface area contributed by atoms with E-state index in [0.29, 0.717) is 29.2 Å². The van der Waals surface area contributed by atoms with Gasteiger partial charge in [-0.3, -0.25) is 9.59 Å². The first-order valence-corrected chi connectivity index (χ1v) is 13.3. The smallest absolute Gasteiger partial charge is 0.304 e. The summed E-state index contributed by atoms with van der Waals surface area (Å²) < 4.78 is 28.8. The molecule has 2 aromatic rings. The lowest BCUT2D eigenvalue weighted by Crippen LogP contribution is -2.53. The lowest BCUT2D eigenvalue weighted by atomic mass is 10.1. The third-order valence-corrected chi connectivity index (χ3v) is 7.71. The highest BCUT2D eigenvalue weighted by atomic mass is 35.5. The number of halogens is 1. The van der Waals surface area contributed by atoms with Crippen LogP contribution in [0, 0.1) is 13.8 Å². The van der Waals surface area contributed by atoms with Crippen LogP contribution in [-0.4, -0.2) is 62.7 Å². The number of hydrogen-bond donors (Lipinski definition) is 1. The molecule has 35 heavy (non-hydrogen) atoms. The molecule has 0 aliphatic rings. The van der Waals surface area contributed by atoms with Gasteiger partial charge in [-0.25, -0.2) is 4.31 Å². The summed E-state index contributed by atoms with van der Waals surface area (Å²) in [6, 6.07) is 11.7. The zero-order chi connectivity index (χ0) is 26.3. The summed E-state index contributed by atoms with van der Waals surface area (Å²) in [6.07, 6.45) is 0.370. The number of nitrogens with one attached hydrogen (secondary N) is 1. The summed E-state index contributed by atoms with van der Waals surface area (Å²) in [5, 5.41) is 3.34. The van der Waals surface area contributed by atoms with Gasteiger partial charge in [0.05, 0.1) is 5.69 Å². The largest absolute Gasteiger partial charge is 0.355 e. The van der Waals surface area contributed by atoms with Crippen LogP contribution < -0.4 is 9.62 Å². The van der Waals surface area contributed by atoms with Gasteiger partial charge in [0.15, 0.2) is 0 Å². The van der Waals surface area contributed by atoms with Gasteiger partial charge in [-0.05, 0) is 62.1 Å². The number of amides is 2. The molecule has 0 aromatic heterocycles. The summed E-state index contributed by atoms with van der Waals surface area (Å²) in [5.41, 5.74) is 2.78. The number of anilines is 1. The number of hydrogen-bond acceptors (Lipinski definition) is 4. The first-order valence-electron chi connectivity index (χ1n) is 11.5. The Morgan fingerprint density at radius 1 is 1.03 bits per heavy atom. The molecule has 0 saturated carbocycles. The van der Waals surface area contributed by atoms with Crippen molar-refractivity contribution in [1.29, 1.82) is 0 Å². The van der Waals surface area contributed by atoms with Crippen LogP contribution in [0.15, 0.2) is 42.5 Å². The summed E-state index contributed by atoms with van der Waals surface area (Å²) in [6.45, 7) is 7.39. The van der Waals surface area contributed by atoms with E-state index < -0.39 is 28.7 Å². The van der Waals surface area contributed by atoms with Crippen LogP contribution in [0.1, 0.15) is 37.0 Å². The predicted molar refractivity (Wildman–Crippen MR) is 141 cm³/mol. The van der Waals surface area contributed by atoms with E-state index in [1.54, 1.807) is 37.3 Å². The van der Waals surface area contributed by atoms with Gasteiger partial charge in [-0.15, -0.1) is 0 Å². The van der Waals surface area contributed by atoms with Crippen LogP contribution >= 0.6 is 11.6 Å². The molecule has 0 unspecified atom stereocenters. The van der Waals surface area contributed by atoms with Gasteiger partial charge in [-0.1, -0.05) is 42.8 Å². The Hall–Kier alpha value is -2.62. The second-order valence-electron chi connectivity index (χ2n) is 8.55. The normalized spacial score (nSPS) is 12.3. The molecule has 8 nitrogen and oxygen atoms in total. The highest BCUT2D eigenvalue weighted by Gasteiger charge is 2.34. The standard InChI is InChI=1S/C25H35ClN4O4S/c1-7-22(25(32)27-8-2)29(16-20-11-13-21(26)14-12-20)24(31)17-30(35(33,34)28(5)6)23-15-18(3)9-10-19(23)4/h9-15,22H,7-8,16-17H2,1-6H3,(H,27,32)/t22-/m1/s1. The monoisotopic (exact) mass is 522 g/mol. The van der Waals surface area contributed by atoms with E-state index >= 15 is 0 Å². The third-order valence-electron chi connectivity index (χ3n) is 5.66. The molecule has 0 saturated heterocycles. The van der Waals surface area contributed by atoms with Crippen LogP contribution in [0.3, 0.4) is 0 Å². The van der Waals surface area contributed by atoms with Crippen LogP contribution in [0.25, 0.3) is 0 Å². The maximum absolute atomic E-state index is 13.8. The number of benzene rings is 2. The minimum Gasteiger partial charge on any atom is -0.355 e. The Kier molecular flexibility index (Phi) is 10.1. The molecule has 0 bridgehead atoms. The second-order valence-corrected chi connectivity index (χ2v) is 11.1. The summed E-state index contributed by atoms with van der Waals surface area (Å²) in [4.78, 5) is 28.1. The maximum atomic E-state index is 13.8. The van der Waals surface area contributed by atoms with E-state index in [-0.39, 0.29) is 12.5 Å². The summed E-state index contributed by atoms with van der Waals surface area (Å²) in [7, 11) is -1.15. The van der Waals surface area contributed by atoms with Gasteiger partial charge >= 0.3 is 10.2 Å². The molecule has 2 amide bonds. The molecule has 0 aliphatic heterocycles. The first-order chi connectivity index (χ1) is 16.4. The molecular formula is C25H35ClN4O4S. The molecule has 0 fully saturated rings. The van der Waals surface area contributed by atoms with Crippen molar-refractivity contribution in [3.63, 3.8) is 0 Å². The van der Waals surface area contributed by atoms with E-state index in [9.17, 15) is 18.0 Å². The van der Waals surface area contributed by atoms with Crippen LogP contribution in [-0.2, 0) is 26.3 Å². The Labute approximate surface area is 214 Å². The molecule has 0 aliphatic carbocycles. The fourth-order valence-corrected chi connectivity index (χ4v) is 4.93. The van der Waals surface area contributed by atoms with Crippen molar-refractivity contribution in [2.45, 2.75) is 46.7 Å².